The van der Waals surface area contributed by atoms with Crippen LogP contribution in [0.2, 0.25) is 0 Å². The third kappa shape index (κ3) is 3.04. The molecule has 8 heteroatoms. The number of rotatable bonds is 3. The van der Waals surface area contributed by atoms with E-state index < -0.39 is 0 Å². The molecule has 2 N–H and O–H groups in total. The summed E-state index contributed by atoms with van der Waals surface area (Å²) in [6, 6.07) is 5.98. The molecule has 1 amide bonds. The summed E-state index contributed by atoms with van der Waals surface area (Å²) in [4.78, 5) is 26.3. The summed E-state index contributed by atoms with van der Waals surface area (Å²) in [5, 5.41) is 3.51. The van der Waals surface area contributed by atoms with Gasteiger partial charge in [-0.2, -0.15) is 0 Å². The zero-order valence-corrected chi connectivity index (χ0v) is 17.6. The summed E-state index contributed by atoms with van der Waals surface area (Å²) in [5.41, 5.74) is 3.65. The molecule has 0 saturated carbocycles. The van der Waals surface area contributed by atoms with Crippen molar-refractivity contribution in [2.75, 3.05) is 33.4 Å². The van der Waals surface area contributed by atoms with Crippen LogP contribution >= 0.6 is 0 Å². The number of aliphatic imine (C=N–C) groups is 1. The minimum absolute atomic E-state index is 0.0292. The summed E-state index contributed by atoms with van der Waals surface area (Å²) in [5.74, 6) is 2.33. The van der Waals surface area contributed by atoms with Crippen LogP contribution < -0.4 is 20.3 Å². The van der Waals surface area contributed by atoms with Gasteiger partial charge < -0.3 is 19.7 Å². The monoisotopic (exact) mass is 414 g/mol. The van der Waals surface area contributed by atoms with Gasteiger partial charge in [0.05, 0.1) is 25.7 Å². The number of hydrogen-bond acceptors (Lipinski definition) is 7. The van der Waals surface area contributed by atoms with Crippen LogP contribution in [0.4, 0.5) is 0 Å². The van der Waals surface area contributed by atoms with Crippen LogP contribution in [-0.4, -0.2) is 62.3 Å². The lowest BCUT2D eigenvalue weighted by molar-refractivity contribution is -0.145. The number of piperidine rings is 1. The quantitative estimate of drug-likeness (QED) is 0.782. The van der Waals surface area contributed by atoms with Crippen LogP contribution in [0.1, 0.15) is 38.2 Å². The van der Waals surface area contributed by atoms with E-state index in [-0.39, 0.29) is 29.5 Å². The summed E-state index contributed by atoms with van der Waals surface area (Å²) in [6.45, 7) is 4.67. The van der Waals surface area contributed by atoms with Gasteiger partial charge in [-0.1, -0.05) is 12.1 Å². The van der Waals surface area contributed by atoms with E-state index in [4.69, 9.17) is 14.3 Å². The number of nitrogens with one attached hydrogen (secondary N) is 2. The van der Waals surface area contributed by atoms with Crippen LogP contribution in [-0.2, 0) is 15.0 Å². The maximum absolute atomic E-state index is 14.0. The van der Waals surface area contributed by atoms with Gasteiger partial charge in [0.15, 0.2) is 17.7 Å². The first-order valence-electron chi connectivity index (χ1n) is 10.9. The van der Waals surface area contributed by atoms with Crippen LogP contribution in [0.3, 0.4) is 0 Å². The van der Waals surface area contributed by atoms with Crippen LogP contribution in [0.15, 0.2) is 23.2 Å². The molecule has 2 saturated heterocycles. The van der Waals surface area contributed by atoms with E-state index in [2.05, 4.69) is 21.9 Å². The zero-order valence-electron chi connectivity index (χ0n) is 17.6. The van der Waals surface area contributed by atoms with E-state index in [1.54, 1.807) is 7.11 Å². The highest BCUT2D eigenvalue weighted by molar-refractivity contribution is 5.83. The SMILES string of the molecule is COc1cccc2c1OCC[C@]21CNC[C@H]1C(=O)N1CCCCC1C1N=C(C)NO1. The van der Waals surface area contributed by atoms with Gasteiger partial charge in [0.1, 0.15) is 5.84 Å². The lowest BCUT2D eigenvalue weighted by atomic mass is 9.68. The molecule has 1 spiro atoms. The Balaban J connectivity index is 1.48. The first-order chi connectivity index (χ1) is 14.6. The molecule has 0 bridgehead atoms. The van der Waals surface area contributed by atoms with Gasteiger partial charge in [-0.25, -0.2) is 9.83 Å². The molecule has 1 aromatic rings. The van der Waals surface area contributed by atoms with E-state index in [9.17, 15) is 4.79 Å². The number of nitrogens with zero attached hydrogens (tertiary/aromatic N) is 2. The van der Waals surface area contributed by atoms with Crippen molar-refractivity contribution in [2.24, 2.45) is 10.9 Å². The second-order valence-corrected chi connectivity index (χ2v) is 8.69. The van der Waals surface area contributed by atoms with Crippen molar-refractivity contribution in [3.8, 4) is 11.5 Å². The fourth-order valence-electron chi connectivity index (χ4n) is 5.60. The van der Waals surface area contributed by atoms with Crippen molar-refractivity contribution in [1.29, 1.82) is 0 Å². The number of carbonyl (C=O) groups is 1. The van der Waals surface area contributed by atoms with Crippen LogP contribution in [0.5, 0.6) is 11.5 Å². The second-order valence-electron chi connectivity index (χ2n) is 8.69. The van der Waals surface area contributed by atoms with E-state index in [1.807, 2.05) is 24.0 Å². The molecular weight excluding hydrogens is 384 g/mol. The Labute approximate surface area is 176 Å². The fraction of sp³-hybridized carbons (Fsp3) is 0.636. The maximum Gasteiger partial charge on any atom is 0.228 e. The summed E-state index contributed by atoms with van der Waals surface area (Å²) >= 11 is 0. The highest BCUT2D eigenvalue weighted by Crippen LogP contribution is 2.50. The summed E-state index contributed by atoms with van der Waals surface area (Å²) < 4.78 is 11.5. The third-order valence-corrected chi connectivity index (χ3v) is 7.09. The molecule has 4 aliphatic heterocycles. The highest BCUT2D eigenvalue weighted by Gasteiger charge is 2.53. The van der Waals surface area contributed by atoms with Crippen LogP contribution in [0.25, 0.3) is 0 Å². The molecule has 2 unspecified atom stereocenters. The average molecular weight is 415 g/mol. The number of hydrogen-bond donors (Lipinski definition) is 2. The number of methoxy groups -OCH3 is 1. The molecule has 4 heterocycles. The van der Waals surface area contributed by atoms with E-state index in [0.717, 1.165) is 61.7 Å². The van der Waals surface area contributed by atoms with Gasteiger partial charge in [0.25, 0.3) is 0 Å². The predicted octanol–water partition coefficient (Wildman–Crippen LogP) is 1.60. The molecule has 0 aliphatic carbocycles. The Morgan fingerprint density at radius 3 is 3.07 bits per heavy atom. The summed E-state index contributed by atoms with van der Waals surface area (Å²) in [6.07, 6.45) is 3.50. The molecular formula is C22H30N4O4. The number of amides is 1. The van der Waals surface area contributed by atoms with Gasteiger partial charge in [-0.05, 0) is 38.7 Å². The number of para-hydroxylation sites is 1. The number of benzene rings is 1. The van der Waals surface area contributed by atoms with Gasteiger partial charge in [-0.15, -0.1) is 0 Å². The predicted molar refractivity (Wildman–Crippen MR) is 112 cm³/mol. The summed E-state index contributed by atoms with van der Waals surface area (Å²) in [7, 11) is 1.66. The number of hydroxylamine groups is 1. The molecule has 162 valence electrons. The number of fused-ring (bicyclic) bond motifs is 2. The van der Waals surface area contributed by atoms with Gasteiger partial charge in [0, 0.05) is 30.6 Å². The molecule has 5 rings (SSSR count). The van der Waals surface area contributed by atoms with Crippen molar-refractivity contribution in [3.05, 3.63) is 23.8 Å². The molecule has 30 heavy (non-hydrogen) atoms. The molecule has 0 aromatic heterocycles. The standard InChI is InChI=1S/C22H30N4O4/c1-14-24-20(30-25-14)17-7-3-4-10-26(17)21(27)16-12-23-13-22(16)9-11-29-19-15(22)6-5-8-18(19)28-2/h5-6,8,16-17,20,23H,3-4,7,9-13H2,1-2H3,(H,24,25)/t16-,17?,20?,22-/m0/s1. The van der Waals surface area contributed by atoms with Gasteiger partial charge in [0.2, 0.25) is 5.91 Å². The lowest BCUT2D eigenvalue weighted by Crippen LogP contribution is -2.55. The molecule has 8 nitrogen and oxygen atoms in total. The molecule has 4 aliphatic rings. The van der Waals surface area contributed by atoms with Crippen molar-refractivity contribution in [1.82, 2.24) is 15.7 Å². The largest absolute Gasteiger partial charge is 0.493 e. The normalized spacial score (nSPS) is 32.9. The van der Waals surface area contributed by atoms with Crippen molar-refractivity contribution < 1.29 is 19.1 Å². The second kappa shape index (κ2) is 7.74. The Bertz CT molecular complexity index is 860. The number of carbonyl (C=O) groups excluding carboxylic acids is 1. The lowest BCUT2D eigenvalue weighted by Gasteiger charge is -2.44. The van der Waals surface area contributed by atoms with Crippen molar-refractivity contribution >= 4 is 11.7 Å². The highest BCUT2D eigenvalue weighted by atomic mass is 16.7. The average Bonchev–Trinajstić information content (AvgIpc) is 3.40. The number of likely N-dealkylation sites (tertiary alicyclic amines) is 1. The van der Waals surface area contributed by atoms with Gasteiger partial charge in [-0.3, -0.25) is 10.3 Å². The van der Waals surface area contributed by atoms with E-state index in [0.29, 0.717) is 13.2 Å². The minimum Gasteiger partial charge on any atom is -0.493 e. The molecule has 4 atom stereocenters. The first-order valence-corrected chi connectivity index (χ1v) is 10.9. The van der Waals surface area contributed by atoms with Gasteiger partial charge >= 0.3 is 0 Å². The smallest absolute Gasteiger partial charge is 0.228 e. The Kier molecular flexibility index (Phi) is 5.06. The molecule has 0 radical (unpaired) electrons. The molecule has 2 fully saturated rings. The third-order valence-electron chi connectivity index (χ3n) is 7.09. The Morgan fingerprint density at radius 2 is 2.27 bits per heavy atom. The number of ether oxygens (including phenoxy) is 2. The zero-order chi connectivity index (χ0) is 20.7. The van der Waals surface area contributed by atoms with E-state index in [1.165, 1.54) is 0 Å². The number of amidine groups is 1. The van der Waals surface area contributed by atoms with E-state index >= 15 is 0 Å². The topological polar surface area (TPSA) is 84.4 Å². The minimum atomic E-state index is -0.332. The van der Waals surface area contributed by atoms with Crippen LogP contribution in [0, 0.1) is 5.92 Å². The fourth-order valence-corrected chi connectivity index (χ4v) is 5.60. The molecule has 1 aromatic carbocycles. The van der Waals surface area contributed by atoms with Crippen molar-refractivity contribution in [2.45, 2.75) is 50.3 Å². The van der Waals surface area contributed by atoms with Crippen molar-refractivity contribution in [3.63, 3.8) is 0 Å². The Morgan fingerprint density at radius 1 is 1.37 bits per heavy atom. The Hall–Kier alpha value is -2.32. The maximum atomic E-state index is 14.0. The first kappa shape index (κ1) is 19.6.